The molecule has 0 saturated heterocycles. The SMILES string of the molecule is C[C@@H](NC(=O)[C@H](CSC(c1ccccc1)(c1ccccc1)c1ccccc1)CC(=O)OCC1c2ccccc2-c2ccccc21)C(=O)OCc1ccccc1. The lowest BCUT2D eigenvalue weighted by atomic mass is 9.84. The molecular formula is C48H43NO5S. The van der Waals surface area contributed by atoms with Gasteiger partial charge in [-0.1, -0.05) is 170 Å². The van der Waals surface area contributed by atoms with Crippen LogP contribution in [0, 0.1) is 5.92 Å². The Bertz CT molecular complexity index is 2070. The van der Waals surface area contributed by atoms with Crippen molar-refractivity contribution in [3.05, 3.63) is 203 Å². The van der Waals surface area contributed by atoms with Crippen LogP contribution in [0.5, 0.6) is 0 Å². The Balaban J connectivity index is 1.15. The molecule has 0 aliphatic heterocycles. The van der Waals surface area contributed by atoms with Crippen molar-refractivity contribution in [2.24, 2.45) is 5.92 Å². The van der Waals surface area contributed by atoms with Crippen molar-refractivity contribution >= 4 is 29.6 Å². The molecule has 6 aromatic carbocycles. The van der Waals surface area contributed by atoms with E-state index in [0.717, 1.165) is 44.5 Å². The molecule has 0 radical (unpaired) electrons. The topological polar surface area (TPSA) is 81.7 Å². The van der Waals surface area contributed by atoms with E-state index >= 15 is 0 Å². The number of esters is 2. The summed E-state index contributed by atoms with van der Waals surface area (Å²) in [4.78, 5) is 41.2. The maximum absolute atomic E-state index is 14.2. The van der Waals surface area contributed by atoms with Gasteiger partial charge in [0.15, 0.2) is 0 Å². The minimum absolute atomic E-state index is 0.0899. The van der Waals surface area contributed by atoms with Gasteiger partial charge in [0.1, 0.15) is 19.3 Å². The molecule has 1 aliphatic carbocycles. The van der Waals surface area contributed by atoms with E-state index in [2.05, 4.69) is 66.0 Å². The zero-order chi connectivity index (χ0) is 38.0. The highest BCUT2D eigenvalue weighted by molar-refractivity contribution is 8.00. The lowest BCUT2D eigenvalue weighted by Gasteiger charge is -2.36. The smallest absolute Gasteiger partial charge is 0.328 e. The number of carbonyl (C=O) groups excluding carboxylic acids is 3. The second-order valence-electron chi connectivity index (χ2n) is 13.7. The zero-order valence-corrected chi connectivity index (χ0v) is 31.5. The number of nitrogens with one attached hydrogen (secondary N) is 1. The number of benzene rings is 6. The van der Waals surface area contributed by atoms with Crippen LogP contribution in [0.15, 0.2) is 170 Å². The summed E-state index contributed by atoms with van der Waals surface area (Å²) in [7, 11) is 0. The van der Waals surface area contributed by atoms with Crippen molar-refractivity contribution in [2.75, 3.05) is 12.4 Å². The van der Waals surface area contributed by atoms with Gasteiger partial charge in [-0.05, 0) is 51.4 Å². The van der Waals surface area contributed by atoms with Gasteiger partial charge in [-0.25, -0.2) is 4.79 Å². The monoisotopic (exact) mass is 745 g/mol. The first kappa shape index (κ1) is 37.4. The lowest BCUT2D eigenvalue weighted by molar-refractivity contribution is -0.149. The van der Waals surface area contributed by atoms with Gasteiger partial charge in [-0.15, -0.1) is 11.8 Å². The molecule has 7 rings (SSSR count). The van der Waals surface area contributed by atoms with Gasteiger partial charge < -0.3 is 14.8 Å². The van der Waals surface area contributed by atoms with E-state index in [4.69, 9.17) is 9.47 Å². The average molecular weight is 746 g/mol. The summed E-state index contributed by atoms with van der Waals surface area (Å²) in [5.41, 5.74) is 8.46. The van der Waals surface area contributed by atoms with Gasteiger partial charge in [0.2, 0.25) is 5.91 Å². The third-order valence-electron chi connectivity index (χ3n) is 10.1. The fraction of sp³-hybridized carbons (Fsp3) is 0.188. The van der Waals surface area contributed by atoms with E-state index in [1.165, 1.54) is 0 Å². The third-order valence-corrected chi connectivity index (χ3v) is 11.8. The molecule has 0 bridgehead atoms. The fourth-order valence-electron chi connectivity index (χ4n) is 7.34. The van der Waals surface area contributed by atoms with Gasteiger partial charge in [-0.3, -0.25) is 9.59 Å². The fourth-order valence-corrected chi connectivity index (χ4v) is 8.97. The Morgan fingerprint density at radius 1 is 0.618 bits per heavy atom. The van der Waals surface area contributed by atoms with Gasteiger partial charge in [0, 0.05) is 11.7 Å². The zero-order valence-electron chi connectivity index (χ0n) is 30.7. The molecule has 2 atom stereocenters. The molecule has 1 aliphatic rings. The van der Waals surface area contributed by atoms with Crippen molar-refractivity contribution in [1.29, 1.82) is 0 Å². The highest BCUT2D eigenvalue weighted by atomic mass is 32.2. The minimum atomic E-state index is -0.937. The molecule has 6 nitrogen and oxygen atoms in total. The van der Waals surface area contributed by atoms with Crippen LogP contribution in [0.25, 0.3) is 11.1 Å². The normalized spacial score (nSPS) is 13.2. The molecule has 0 heterocycles. The highest BCUT2D eigenvalue weighted by Crippen LogP contribution is 2.49. The van der Waals surface area contributed by atoms with Crippen LogP contribution in [-0.4, -0.2) is 36.2 Å². The Morgan fingerprint density at radius 3 is 1.58 bits per heavy atom. The molecule has 1 amide bonds. The van der Waals surface area contributed by atoms with Gasteiger partial charge >= 0.3 is 11.9 Å². The predicted molar refractivity (Wildman–Crippen MR) is 218 cm³/mol. The van der Waals surface area contributed by atoms with Crippen LogP contribution in [0.4, 0.5) is 0 Å². The largest absolute Gasteiger partial charge is 0.465 e. The first-order valence-corrected chi connectivity index (χ1v) is 19.6. The van der Waals surface area contributed by atoms with Gasteiger partial charge in [-0.2, -0.15) is 0 Å². The van der Waals surface area contributed by atoms with Crippen LogP contribution in [0.2, 0.25) is 0 Å². The summed E-state index contributed by atoms with van der Waals surface area (Å²) in [5.74, 6) is -2.16. The standard InChI is InChI=1S/C48H43NO5S/c1-34(47(52)54-31-35-18-6-2-7-19-35)49-46(51)36(30-45(50)53-32-44-42-28-16-14-26-40(42)41-27-15-17-29-43(41)44)33-55-48(37-20-8-3-9-21-37,38-22-10-4-11-23-38)39-24-12-5-13-25-39/h2-29,34,36,44H,30-33H2,1H3,(H,49,51)/t34-,36+/m1/s1. The minimum Gasteiger partial charge on any atom is -0.465 e. The third kappa shape index (κ3) is 8.43. The van der Waals surface area contributed by atoms with Crippen LogP contribution in [-0.2, 0) is 35.2 Å². The van der Waals surface area contributed by atoms with Crippen molar-refractivity contribution in [2.45, 2.75) is 36.7 Å². The Kier molecular flexibility index (Phi) is 11.9. The van der Waals surface area contributed by atoms with E-state index in [0.29, 0.717) is 0 Å². The van der Waals surface area contributed by atoms with Gasteiger partial charge in [0.05, 0.1) is 17.1 Å². The number of hydrogen-bond acceptors (Lipinski definition) is 6. The number of hydrogen-bond donors (Lipinski definition) is 1. The summed E-state index contributed by atoms with van der Waals surface area (Å²) in [6.45, 7) is 1.84. The molecule has 0 fully saturated rings. The molecule has 0 unspecified atom stereocenters. The molecule has 0 spiro atoms. The molecule has 276 valence electrons. The lowest BCUT2D eigenvalue weighted by Crippen LogP contribution is -2.44. The van der Waals surface area contributed by atoms with Crippen LogP contribution in [0.1, 0.15) is 52.6 Å². The van der Waals surface area contributed by atoms with Crippen molar-refractivity contribution < 1.29 is 23.9 Å². The Morgan fingerprint density at radius 2 is 1.07 bits per heavy atom. The number of fused-ring (bicyclic) bond motifs is 3. The summed E-state index contributed by atoms with van der Waals surface area (Å²) in [6.07, 6.45) is -0.172. The van der Waals surface area contributed by atoms with E-state index in [1.54, 1.807) is 18.7 Å². The predicted octanol–water partition coefficient (Wildman–Crippen LogP) is 9.32. The van der Waals surface area contributed by atoms with Crippen LogP contribution < -0.4 is 5.32 Å². The van der Waals surface area contributed by atoms with E-state index < -0.39 is 34.6 Å². The number of amides is 1. The number of carbonyl (C=O) groups is 3. The quantitative estimate of drug-likeness (QED) is 0.0834. The van der Waals surface area contributed by atoms with Crippen molar-refractivity contribution in [3.63, 3.8) is 0 Å². The Labute approximate surface area is 326 Å². The first-order chi connectivity index (χ1) is 26.9. The molecular weight excluding hydrogens is 703 g/mol. The number of rotatable bonds is 15. The second kappa shape index (κ2) is 17.5. The van der Waals surface area contributed by atoms with Crippen molar-refractivity contribution in [3.8, 4) is 11.1 Å². The Hall–Kier alpha value is -5.92. The van der Waals surface area contributed by atoms with E-state index in [1.807, 2.05) is 109 Å². The molecule has 6 aromatic rings. The molecule has 0 aromatic heterocycles. The maximum atomic E-state index is 14.2. The summed E-state index contributed by atoms with van der Waals surface area (Å²) >= 11 is 1.59. The van der Waals surface area contributed by atoms with Crippen molar-refractivity contribution in [1.82, 2.24) is 5.32 Å². The number of ether oxygens (including phenoxy) is 2. The second-order valence-corrected chi connectivity index (χ2v) is 15.0. The maximum Gasteiger partial charge on any atom is 0.328 e. The van der Waals surface area contributed by atoms with Gasteiger partial charge in [0.25, 0.3) is 0 Å². The van der Waals surface area contributed by atoms with Crippen LogP contribution in [0.3, 0.4) is 0 Å². The molecule has 1 N–H and O–H groups in total. The molecule has 55 heavy (non-hydrogen) atoms. The molecule has 0 saturated carbocycles. The van der Waals surface area contributed by atoms with E-state index in [9.17, 15) is 14.4 Å². The average Bonchev–Trinajstić information content (AvgIpc) is 3.56. The van der Waals surface area contributed by atoms with Crippen LogP contribution >= 0.6 is 11.8 Å². The summed E-state index contributed by atoms with van der Waals surface area (Å²) in [5, 5.41) is 2.87. The number of thioether (sulfide) groups is 1. The highest BCUT2D eigenvalue weighted by Gasteiger charge is 2.39. The summed E-state index contributed by atoms with van der Waals surface area (Å²) in [6, 6.07) is 55.5. The first-order valence-electron chi connectivity index (χ1n) is 18.6. The van der Waals surface area contributed by atoms with E-state index in [-0.39, 0.29) is 31.3 Å². The summed E-state index contributed by atoms with van der Waals surface area (Å²) < 4.78 is 10.8. The molecule has 7 heteroatoms.